The van der Waals surface area contributed by atoms with Crippen LogP contribution in [0.5, 0.6) is 0 Å². The summed E-state index contributed by atoms with van der Waals surface area (Å²) in [7, 11) is 2.18. The van der Waals surface area contributed by atoms with Crippen LogP contribution in [0.3, 0.4) is 0 Å². The van der Waals surface area contributed by atoms with Crippen molar-refractivity contribution in [2.24, 2.45) is 11.8 Å². The van der Waals surface area contributed by atoms with Gasteiger partial charge in [0.2, 0.25) is 0 Å². The molecular formula is C29H41ClN2O. The molecule has 1 heterocycles. The highest BCUT2D eigenvalue weighted by Crippen LogP contribution is 2.22. The van der Waals surface area contributed by atoms with Crippen molar-refractivity contribution in [3.8, 4) is 6.07 Å². The zero-order valence-electron chi connectivity index (χ0n) is 21.1. The Bertz CT molecular complexity index is 860. The SMILES string of the molecule is CC1CCN(C)C1.CCc1ccccc1C.Cc1ccc(C#N)c(Cl)c1.O=CC1CCCC1. The second-order valence-electron chi connectivity index (χ2n) is 9.21. The number of hydrogen-bond acceptors (Lipinski definition) is 3. The molecule has 1 aliphatic carbocycles. The van der Waals surface area contributed by atoms with Gasteiger partial charge in [0.1, 0.15) is 12.4 Å². The molecule has 1 atom stereocenters. The lowest BCUT2D eigenvalue weighted by molar-refractivity contribution is -0.110. The molecule has 4 rings (SSSR count). The van der Waals surface area contributed by atoms with E-state index in [9.17, 15) is 4.79 Å². The van der Waals surface area contributed by atoms with Crippen molar-refractivity contribution >= 4 is 17.9 Å². The lowest BCUT2D eigenvalue weighted by Gasteiger charge is -2.03. The van der Waals surface area contributed by atoms with Crippen molar-refractivity contribution in [3.63, 3.8) is 0 Å². The number of benzene rings is 2. The second-order valence-corrected chi connectivity index (χ2v) is 9.62. The third-order valence-electron chi connectivity index (χ3n) is 6.11. The fourth-order valence-electron chi connectivity index (χ4n) is 3.97. The molecular weight excluding hydrogens is 428 g/mol. The van der Waals surface area contributed by atoms with E-state index in [1.165, 1.54) is 43.5 Å². The number of hydrogen-bond donors (Lipinski definition) is 0. The quantitative estimate of drug-likeness (QED) is 0.431. The number of aldehydes is 1. The van der Waals surface area contributed by atoms with Crippen molar-refractivity contribution in [1.82, 2.24) is 4.90 Å². The monoisotopic (exact) mass is 468 g/mol. The maximum Gasteiger partial charge on any atom is 0.123 e. The molecule has 0 aromatic heterocycles. The second kappa shape index (κ2) is 16.5. The van der Waals surface area contributed by atoms with Crippen molar-refractivity contribution < 1.29 is 4.79 Å². The van der Waals surface area contributed by atoms with Gasteiger partial charge in [0.25, 0.3) is 0 Å². The summed E-state index contributed by atoms with van der Waals surface area (Å²) >= 11 is 5.71. The van der Waals surface area contributed by atoms with Crippen LogP contribution in [0.1, 0.15) is 68.2 Å². The molecule has 2 fully saturated rings. The van der Waals surface area contributed by atoms with Gasteiger partial charge in [-0.15, -0.1) is 0 Å². The summed E-state index contributed by atoms with van der Waals surface area (Å²) in [4.78, 5) is 12.4. The molecule has 0 spiro atoms. The molecule has 1 saturated heterocycles. The molecule has 0 radical (unpaired) electrons. The van der Waals surface area contributed by atoms with Gasteiger partial charge in [-0.2, -0.15) is 5.26 Å². The predicted octanol–water partition coefficient (Wildman–Crippen LogP) is 7.41. The topological polar surface area (TPSA) is 44.1 Å². The van der Waals surface area contributed by atoms with Gasteiger partial charge in [-0.3, -0.25) is 0 Å². The number of carbonyl (C=O) groups is 1. The van der Waals surface area contributed by atoms with E-state index >= 15 is 0 Å². The Balaban J connectivity index is 0.000000222. The van der Waals surface area contributed by atoms with Gasteiger partial charge >= 0.3 is 0 Å². The summed E-state index contributed by atoms with van der Waals surface area (Å²) in [5, 5.41) is 9.00. The van der Waals surface area contributed by atoms with Gasteiger partial charge in [-0.1, -0.05) is 68.6 Å². The van der Waals surface area contributed by atoms with Crippen LogP contribution in [0.4, 0.5) is 0 Å². The van der Waals surface area contributed by atoms with Gasteiger partial charge < -0.3 is 9.69 Å². The Kier molecular flexibility index (Phi) is 14.4. The van der Waals surface area contributed by atoms with Crippen LogP contribution in [-0.4, -0.2) is 31.3 Å². The number of carbonyl (C=O) groups excluding carboxylic acids is 1. The van der Waals surface area contributed by atoms with Gasteiger partial charge in [0.15, 0.2) is 0 Å². The normalized spacial score (nSPS) is 17.4. The highest BCUT2D eigenvalue weighted by Gasteiger charge is 2.13. The maximum absolute atomic E-state index is 10.0. The first-order valence-electron chi connectivity index (χ1n) is 12.1. The molecule has 180 valence electrons. The first-order valence-corrected chi connectivity index (χ1v) is 12.5. The summed E-state index contributed by atoms with van der Waals surface area (Å²) in [5.74, 6) is 1.37. The Morgan fingerprint density at radius 2 is 1.79 bits per heavy atom. The van der Waals surface area contributed by atoms with Crippen molar-refractivity contribution in [2.45, 2.75) is 66.2 Å². The summed E-state index contributed by atoms with van der Waals surface area (Å²) in [6, 6.07) is 15.8. The van der Waals surface area contributed by atoms with Crippen molar-refractivity contribution in [1.29, 1.82) is 5.26 Å². The molecule has 33 heavy (non-hydrogen) atoms. The van der Waals surface area contributed by atoms with E-state index in [2.05, 4.69) is 57.0 Å². The molecule has 1 saturated carbocycles. The highest BCUT2D eigenvalue weighted by atomic mass is 35.5. The molecule has 2 aromatic rings. The molecule has 4 heteroatoms. The van der Waals surface area contributed by atoms with E-state index in [1.807, 2.05) is 19.1 Å². The lowest BCUT2D eigenvalue weighted by atomic mass is 10.1. The zero-order valence-corrected chi connectivity index (χ0v) is 21.9. The average Bonchev–Trinajstić information content (AvgIpc) is 3.47. The Labute approximate surface area is 206 Å². The molecule has 0 bridgehead atoms. The first kappa shape index (κ1) is 28.9. The van der Waals surface area contributed by atoms with E-state index in [4.69, 9.17) is 16.9 Å². The van der Waals surface area contributed by atoms with E-state index in [1.54, 1.807) is 12.1 Å². The van der Waals surface area contributed by atoms with Crippen molar-refractivity contribution in [2.75, 3.05) is 20.1 Å². The zero-order chi connectivity index (χ0) is 24.6. The molecule has 0 N–H and O–H groups in total. The summed E-state index contributed by atoms with van der Waals surface area (Å²) in [5.41, 5.74) is 4.47. The molecule has 2 aromatic carbocycles. The number of likely N-dealkylation sites (tertiary alicyclic amines) is 1. The Morgan fingerprint density at radius 1 is 1.12 bits per heavy atom. The fraction of sp³-hybridized carbons (Fsp3) is 0.517. The van der Waals surface area contributed by atoms with E-state index in [0.717, 1.165) is 37.0 Å². The number of aryl methyl sites for hydroxylation is 3. The van der Waals surface area contributed by atoms with Gasteiger partial charge in [-0.25, -0.2) is 0 Å². The molecule has 3 nitrogen and oxygen atoms in total. The number of halogens is 1. The van der Waals surface area contributed by atoms with E-state index in [-0.39, 0.29) is 0 Å². The number of nitrogens with zero attached hydrogens (tertiary/aromatic N) is 2. The van der Waals surface area contributed by atoms with Crippen molar-refractivity contribution in [3.05, 3.63) is 69.7 Å². The number of rotatable bonds is 2. The number of nitriles is 1. The van der Waals surface area contributed by atoms with Gasteiger partial charge in [0.05, 0.1) is 10.6 Å². The fourth-order valence-corrected chi connectivity index (χ4v) is 4.24. The Hall–Kier alpha value is -2.15. The summed E-state index contributed by atoms with van der Waals surface area (Å²) in [6.07, 6.45) is 8.45. The van der Waals surface area contributed by atoms with Gasteiger partial charge in [-0.05, 0) is 87.9 Å². The molecule has 1 aliphatic heterocycles. The largest absolute Gasteiger partial charge is 0.306 e. The highest BCUT2D eigenvalue weighted by molar-refractivity contribution is 6.31. The third kappa shape index (κ3) is 12.0. The first-order chi connectivity index (χ1) is 15.8. The van der Waals surface area contributed by atoms with Crippen LogP contribution >= 0.6 is 11.6 Å². The summed E-state index contributed by atoms with van der Waals surface area (Å²) in [6.45, 7) is 11.2. The van der Waals surface area contributed by atoms with Crippen LogP contribution in [0.15, 0.2) is 42.5 Å². The standard InChI is InChI=1S/C9H12.C8H6ClN.C6H13N.C6H10O/c1-3-9-7-5-4-6-8(9)2;1-6-2-3-7(5-10)8(9)4-6;1-6-3-4-7(2)5-6;7-5-6-3-1-2-4-6/h4-7H,3H2,1-2H3;2-4H,1H3;6H,3-5H2,1-2H3;5-6H,1-4H2. The molecule has 1 unspecified atom stereocenters. The molecule has 0 amide bonds. The van der Waals surface area contributed by atoms with E-state index < -0.39 is 0 Å². The van der Waals surface area contributed by atoms with Crippen LogP contribution < -0.4 is 0 Å². The smallest absolute Gasteiger partial charge is 0.123 e. The minimum atomic E-state index is 0.417. The lowest BCUT2D eigenvalue weighted by Crippen LogP contribution is -2.12. The molecule has 2 aliphatic rings. The third-order valence-corrected chi connectivity index (χ3v) is 6.42. The van der Waals surface area contributed by atoms with Gasteiger partial charge in [0, 0.05) is 12.5 Å². The Morgan fingerprint density at radius 3 is 2.15 bits per heavy atom. The minimum Gasteiger partial charge on any atom is -0.306 e. The van der Waals surface area contributed by atoms with E-state index in [0.29, 0.717) is 16.5 Å². The average molecular weight is 469 g/mol. The van der Waals surface area contributed by atoms with Crippen LogP contribution in [0.2, 0.25) is 5.02 Å². The van der Waals surface area contributed by atoms with Crippen LogP contribution in [0.25, 0.3) is 0 Å². The summed E-state index contributed by atoms with van der Waals surface area (Å²) < 4.78 is 0. The van der Waals surface area contributed by atoms with Crippen LogP contribution in [-0.2, 0) is 11.2 Å². The van der Waals surface area contributed by atoms with Crippen LogP contribution in [0, 0.1) is 37.0 Å². The predicted molar refractivity (Wildman–Crippen MR) is 141 cm³/mol. The maximum atomic E-state index is 10.0. The minimum absolute atomic E-state index is 0.417.